The van der Waals surface area contributed by atoms with Crippen LogP contribution in [0.25, 0.3) is 0 Å². The maximum absolute atomic E-state index is 6.92. The van der Waals surface area contributed by atoms with Gasteiger partial charge in [-0.25, -0.2) is 4.98 Å². The third-order valence-electron chi connectivity index (χ3n) is 5.50. The highest BCUT2D eigenvalue weighted by Gasteiger charge is 2.36. The molecule has 1 unspecified atom stereocenters. The average molecular weight is 432 g/mol. The summed E-state index contributed by atoms with van der Waals surface area (Å²) in [4.78, 5) is 9.22. The molecule has 4 rings (SSSR count). The summed E-state index contributed by atoms with van der Waals surface area (Å²) in [7, 11) is 3.28. The molecule has 1 aliphatic heterocycles. The van der Waals surface area contributed by atoms with Gasteiger partial charge in [0.05, 0.1) is 14.2 Å². The van der Waals surface area contributed by atoms with Gasteiger partial charge in [0.1, 0.15) is 23.0 Å². The van der Waals surface area contributed by atoms with Crippen molar-refractivity contribution in [2.24, 2.45) is 10.7 Å². The number of ether oxygens (including phenoxy) is 2. The number of hydrogen-bond donors (Lipinski definition) is 3. The van der Waals surface area contributed by atoms with E-state index in [4.69, 9.17) is 20.2 Å². The molecule has 2 aromatic carbocycles. The van der Waals surface area contributed by atoms with Gasteiger partial charge >= 0.3 is 0 Å². The van der Waals surface area contributed by atoms with E-state index in [-0.39, 0.29) is 0 Å². The molecule has 7 nitrogen and oxygen atoms in total. The summed E-state index contributed by atoms with van der Waals surface area (Å²) in [5.74, 6) is 2.78. The number of nitrogens with zero attached hydrogens (tertiary/aromatic N) is 2. The molecule has 1 aliphatic rings. The van der Waals surface area contributed by atoms with Crippen molar-refractivity contribution in [3.8, 4) is 11.5 Å². The summed E-state index contributed by atoms with van der Waals surface area (Å²) in [5, 5.41) is 6.68. The summed E-state index contributed by atoms with van der Waals surface area (Å²) in [5.41, 5.74) is 9.21. The molecule has 4 N–H and O–H groups in total. The van der Waals surface area contributed by atoms with E-state index < -0.39 is 5.66 Å². The van der Waals surface area contributed by atoms with E-state index in [1.807, 2.05) is 36.4 Å². The Bertz CT molecular complexity index is 1060. The van der Waals surface area contributed by atoms with Crippen molar-refractivity contribution in [2.45, 2.75) is 24.9 Å². The molecular formula is C25H29N5O2. The van der Waals surface area contributed by atoms with Crippen LogP contribution in [-0.4, -0.2) is 31.7 Å². The summed E-state index contributed by atoms with van der Waals surface area (Å²) < 4.78 is 10.8. The predicted molar refractivity (Wildman–Crippen MR) is 127 cm³/mol. The van der Waals surface area contributed by atoms with Crippen LogP contribution < -0.4 is 25.8 Å². The molecule has 0 bridgehead atoms. The summed E-state index contributed by atoms with van der Waals surface area (Å²) in [6.45, 7) is 0.676. The molecule has 166 valence electrons. The normalized spacial score (nSPS) is 18.4. The fourth-order valence-electron chi connectivity index (χ4n) is 3.91. The summed E-state index contributed by atoms with van der Waals surface area (Å²) in [6.07, 6.45) is 4.17. The molecule has 0 saturated carbocycles. The van der Waals surface area contributed by atoms with Crippen LogP contribution >= 0.6 is 0 Å². The lowest BCUT2D eigenvalue weighted by atomic mass is 9.91. The van der Waals surface area contributed by atoms with Gasteiger partial charge in [-0.3, -0.25) is 4.99 Å². The van der Waals surface area contributed by atoms with E-state index in [9.17, 15) is 0 Å². The molecular weight excluding hydrogens is 402 g/mol. The maximum Gasteiger partial charge on any atom is 0.198 e. The lowest BCUT2D eigenvalue weighted by Gasteiger charge is -2.38. The number of methoxy groups -OCH3 is 2. The smallest absolute Gasteiger partial charge is 0.198 e. The van der Waals surface area contributed by atoms with Crippen molar-refractivity contribution < 1.29 is 9.47 Å². The second-order valence-corrected chi connectivity index (χ2v) is 7.84. The number of nitrogens with one attached hydrogen (secondary N) is 2. The lowest BCUT2D eigenvalue weighted by Crippen LogP contribution is -2.59. The first-order chi connectivity index (χ1) is 15.6. The number of pyridine rings is 1. The number of benzene rings is 2. The Morgan fingerprint density at radius 1 is 0.969 bits per heavy atom. The minimum Gasteiger partial charge on any atom is -0.497 e. The van der Waals surface area contributed by atoms with Crippen molar-refractivity contribution in [1.29, 1.82) is 0 Å². The molecule has 0 aliphatic carbocycles. The molecule has 32 heavy (non-hydrogen) atoms. The van der Waals surface area contributed by atoms with Crippen LogP contribution in [0.15, 0.2) is 71.9 Å². The lowest BCUT2D eigenvalue weighted by molar-refractivity contribution is 0.383. The van der Waals surface area contributed by atoms with Crippen LogP contribution in [0.2, 0.25) is 0 Å². The van der Waals surface area contributed by atoms with Gasteiger partial charge in [0.2, 0.25) is 0 Å². The molecule has 1 atom stereocenters. The molecule has 0 radical (unpaired) electrons. The fraction of sp³-hybridized carbons (Fsp3) is 0.280. The van der Waals surface area contributed by atoms with Crippen LogP contribution in [0.4, 0.5) is 5.82 Å². The Kier molecular flexibility index (Phi) is 6.56. The van der Waals surface area contributed by atoms with Crippen LogP contribution in [-0.2, 0) is 18.5 Å². The highest BCUT2D eigenvalue weighted by atomic mass is 16.5. The van der Waals surface area contributed by atoms with Crippen molar-refractivity contribution >= 4 is 11.8 Å². The molecule has 3 aromatic rings. The number of anilines is 1. The average Bonchev–Trinajstić information content (AvgIpc) is 2.82. The second kappa shape index (κ2) is 9.70. The number of aromatic nitrogens is 1. The number of aliphatic imine (C=N–C) groups is 1. The van der Waals surface area contributed by atoms with Crippen molar-refractivity contribution in [2.75, 3.05) is 26.1 Å². The van der Waals surface area contributed by atoms with Crippen LogP contribution in [0.1, 0.15) is 23.1 Å². The Morgan fingerprint density at radius 3 is 2.44 bits per heavy atom. The number of hydrogen-bond acceptors (Lipinski definition) is 5. The van der Waals surface area contributed by atoms with E-state index >= 15 is 0 Å². The quantitative estimate of drug-likeness (QED) is 0.473. The zero-order chi connectivity index (χ0) is 22.4. The molecule has 2 heterocycles. The van der Waals surface area contributed by atoms with E-state index in [2.05, 4.69) is 39.9 Å². The Morgan fingerprint density at radius 2 is 1.72 bits per heavy atom. The molecule has 0 saturated heterocycles. The third-order valence-corrected chi connectivity index (χ3v) is 5.50. The largest absolute Gasteiger partial charge is 0.497 e. The maximum atomic E-state index is 6.92. The fourth-order valence-corrected chi connectivity index (χ4v) is 3.91. The number of fused-ring (bicyclic) bond motifs is 1. The monoisotopic (exact) mass is 431 g/mol. The minimum atomic E-state index is -0.884. The van der Waals surface area contributed by atoms with Crippen LogP contribution in [0.5, 0.6) is 11.5 Å². The van der Waals surface area contributed by atoms with E-state index in [0.717, 1.165) is 35.5 Å². The number of aryl methyl sites for hydroxylation is 1. The van der Waals surface area contributed by atoms with Gasteiger partial charge in [-0.15, -0.1) is 0 Å². The zero-order valence-corrected chi connectivity index (χ0v) is 18.5. The molecule has 0 fully saturated rings. The number of guanidine groups is 1. The Labute approximate surface area is 188 Å². The third kappa shape index (κ3) is 5.00. The first-order valence-corrected chi connectivity index (χ1v) is 10.7. The van der Waals surface area contributed by atoms with Gasteiger partial charge < -0.3 is 25.8 Å². The van der Waals surface area contributed by atoms with Crippen molar-refractivity contribution in [3.63, 3.8) is 0 Å². The van der Waals surface area contributed by atoms with Crippen LogP contribution in [0.3, 0.4) is 0 Å². The van der Waals surface area contributed by atoms with Gasteiger partial charge in [-0.1, -0.05) is 36.4 Å². The zero-order valence-electron chi connectivity index (χ0n) is 18.5. The topological polar surface area (TPSA) is 93.8 Å². The van der Waals surface area contributed by atoms with E-state index in [1.54, 1.807) is 20.4 Å². The van der Waals surface area contributed by atoms with E-state index in [1.165, 1.54) is 5.56 Å². The van der Waals surface area contributed by atoms with E-state index in [0.29, 0.717) is 24.7 Å². The highest BCUT2D eigenvalue weighted by molar-refractivity contribution is 5.96. The SMILES string of the molecule is COc1cc(CC2(N)NC(=NCCCc3ccccc3)Nc3ncccc32)cc(OC)c1. The van der Waals surface area contributed by atoms with Gasteiger partial charge in [-0.2, -0.15) is 0 Å². The number of rotatable bonds is 8. The highest BCUT2D eigenvalue weighted by Crippen LogP contribution is 2.32. The summed E-state index contributed by atoms with van der Waals surface area (Å²) >= 11 is 0. The molecule has 7 heteroatoms. The van der Waals surface area contributed by atoms with Crippen molar-refractivity contribution in [1.82, 2.24) is 10.3 Å². The summed E-state index contributed by atoms with van der Waals surface area (Å²) in [6, 6.07) is 20.1. The van der Waals surface area contributed by atoms with Crippen LogP contribution in [0, 0.1) is 0 Å². The van der Waals surface area contributed by atoms with Gasteiger partial charge in [0.15, 0.2) is 5.96 Å². The molecule has 0 spiro atoms. The van der Waals surface area contributed by atoms with Crippen molar-refractivity contribution in [3.05, 3.63) is 83.6 Å². The van der Waals surface area contributed by atoms with Gasteiger partial charge in [-0.05, 0) is 42.2 Å². The Balaban J connectivity index is 1.54. The Hall–Kier alpha value is -3.58. The first-order valence-electron chi connectivity index (χ1n) is 10.7. The minimum absolute atomic E-state index is 0.504. The molecule has 1 aromatic heterocycles. The second-order valence-electron chi connectivity index (χ2n) is 7.84. The predicted octanol–water partition coefficient (Wildman–Crippen LogP) is 3.46. The van der Waals surface area contributed by atoms with Gasteiger partial charge in [0, 0.05) is 30.8 Å². The first kappa shape index (κ1) is 21.6. The standard InChI is InChI=1S/C25H29N5O2/c1-31-20-14-19(15-21(16-20)32-2)17-25(26)22-11-7-12-27-23(22)29-24(30-25)28-13-6-10-18-8-4-3-5-9-18/h3-5,7-9,11-12,14-16H,6,10,13,17,26H2,1-2H3,(H2,27,28,29,30). The molecule has 0 amide bonds. The van der Waals surface area contributed by atoms with Gasteiger partial charge in [0.25, 0.3) is 0 Å². The number of nitrogens with two attached hydrogens (primary N) is 1.